The summed E-state index contributed by atoms with van der Waals surface area (Å²) in [6, 6.07) is 10.8. The highest BCUT2D eigenvalue weighted by atomic mass is 35.5. The molecule has 3 atom stereocenters. The zero-order valence-electron chi connectivity index (χ0n) is 17.6. The third-order valence-electron chi connectivity index (χ3n) is 6.49. The minimum atomic E-state index is -0.580. The van der Waals surface area contributed by atoms with Gasteiger partial charge in [0.15, 0.2) is 0 Å². The summed E-state index contributed by atoms with van der Waals surface area (Å²) in [4.78, 5) is 17.2. The molecule has 0 amide bonds. The molecule has 3 unspecified atom stereocenters. The van der Waals surface area contributed by atoms with E-state index in [0.717, 1.165) is 38.2 Å². The van der Waals surface area contributed by atoms with E-state index in [0.29, 0.717) is 6.04 Å². The first-order valence-electron chi connectivity index (χ1n) is 10.0. The Morgan fingerprint density at radius 3 is 2.32 bits per heavy atom. The predicted molar refractivity (Wildman–Crippen MR) is 119 cm³/mol. The van der Waals surface area contributed by atoms with Crippen molar-refractivity contribution >= 4 is 30.8 Å². The van der Waals surface area contributed by atoms with Crippen LogP contribution in [0.1, 0.15) is 52.0 Å². The molecular weight excluding hydrogens is 395 g/mol. The Labute approximate surface area is 182 Å². The first-order chi connectivity index (χ1) is 12.4. The Balaban J connectivity index is 0.00000196. The molecule has 2 aliphatic heterocycles. The lowest BCUT2D eigenvalue weighted by Gasteiger charge is -2.57. The van der Waals surface area contributed by atoms with Gasteiger partial charge in [-0.3, -0.25) is 4.79 Å². The Hall–Kier alpha value is -0.810. The van der Waals surface area contributed by atoms with Crippen molar-refractivity contribution < 1.29 is 9.53 Å². The van der Waals surface area contributed by atoms with Gasteiger partial charge in [-0.15, -0.1) is 24.8 Å². The molecule has 0 saturated carbocycles. The minimum Gasteiger partial charge on any atom is -0.454 e. The summed E-state index contributed by atoms with van der Waals surface area (Å²) in [7, 11) is 2.20. The molecule has 0 bridgehead atoms. The molecule has 2 fully saturated rings. The Kier molecular flexibility index (Phi) is 9.27. The fourth-order valence-electron chi connectivity index (χ4n) is 5.08. The van der Waals surface area contributed by atoms with Gasteiger partial charge in [-0.05, 0) is 45.5 Å². The minimum absolute atomic E-state index is 0. The van der Waals surface area contributed by atoms with E-state index in [4.69, 9.17) is 4.74 Å². The fourth-order valence-corrected chi connectivity index (χ4v) is 5.08. The number of esters is 1. The molecule has 2 aliphatic rings. The van der Waals surface area contributed by atoms with Crippen LogP contribution < -0.4 is 0 Å². The topological polar surface area (TPSA) is 32.8 Å². The summed E-state index contributed by atoms with van der Waals surface area (Å²) in [5.41, 5.74) is 0.400. The molecule has 0 aliphatic carbocycles. The van der Waals surface area contributed by atoms with Crippen LogP contribution in [0.25, 0.3) is 0 Å². The molecule has 0 spiro atoms. The van der Waals surface area contributed by atoms with Gasteiger partial charge in [0.1, 0.15) is 5.60 Å². The van der Waals surface area contributed by atoms with E-state index < -0.39 is 5.60 Å². The molecule has 6 heteroatoms. The van der Waals surface area contributed by atoms with Crippen molar-refractivity contribution in [3.63, 3.8) is 0 Å². The van der Waals surface area contributed by atoms with Crippen LogP contribution in [0, 0.1) is 5.41 Å². The molecule has 0 N–H and O–H groups in total. The number of halogens is 2. The van der Waals surface area contributed by atoms with E-state index in [1.165, 1.54) is 19.3 Å². The van der Waals surface area contributed by atoms with Crippen LogP contribution in [0.2, 0.25) is 0 Å². The van der Waals surface area contributed by atoms with Gasteiger partial charge in [0, 0.05) is 37.9 Å². The summed E-state index contributed by atoms with van der Waals surface area (Å²) in [5, 5.41) is 0. The van der Waals surface area contributed by atoms with E-state index in [2.05, 4.69) is 55.0 Å². The number of rotatable bonds is 4. The zero-order chi connectivity index (χ0) is 18.8. The largest absolute Gasteiger partial charge is 0.454 e. The molecular formula is C22H36Cl2N2O2. The van der Waals surface area contributed by atoms with Crippen molar-refractivity contribution in [3.05, 3.63) is 35.9 Å². The van der Waals surface area contributed by atoms with Crippen LogP contribution >= 0.6 is 24.8 Å². The molecule has 0 radical (unpaired) electrons. The predicted octanol–water partition coefficient (Wildman–Crippen LogP) is 4.50. The zero-order valence-corrected chi connectivity index (χ0v) is 19.3. The number of benzene rings is 1. The maximum absolute atomic E-state index is 12.2. The van der Waals surface area contributed by atoms with E-state index in [-0.39, 0.29) is 36.2 Å². The number of nitrogens with zero attached hydrogens (tertiary/aromatic N) is 2. The summed E-state index contributed by atoms with van der Waals surface area (Å²) in [5.74, 6) is -0.185. The van der Waals surface area contributed by atoms with Crippen LogP contribution in [-0.2, 0) is 15.1 Å². The lowest BCUT2D eigenvalue weighted by atomic mass is 9.63. The first-order valence-corrected chi connectivity index (χ1v) is 10.0. The molecule has 2 heterocycles. The second-order valence-corrected chi connectivity index (χ2v) is 8.65. The second-order valence-electron chi connectivity index (χ2n) is 8.65. The maximum atomic E-state index is 12.2. The quantitative estimate of drug-likeness (QED) is 0.657. The third kappa shape index (κ3) is 5.02. The van der Waals surface area contributed by atoms with Gasteiger partial charge < -0.3 is 14.5 Å². The van der Waals surface area contributed by atoms with Gasteiger partial charge in [0.2, 0.25) is 0 Å². The summed E-state index contributed by atoms with van der Waals surface area (Å²) in [6.45, 7) is 10.3. The number of carbonyl (C=O) groups is 1. The Morgan fingerprint density at radius 1 is 1.14 bits per heavy atom. The van der Waals surface area contributed by atoms with E-state index in [1.54, 1.807) is 6.92 Å². The average Bonchev–Trinajstić information content (AvgIpc) is 2.61. The van der Waals surface area contributed by atoms with Crippen molar-refractivity contribution in [2.45, 2.75) is 58.1 Å². The van der Waals surface area contributed by atoms with Crippen LogP contribution in [0.15, 0.2) is 30.3 Å². The van der Waals surface area contributed by atoms with Crippen molar-refractivity contribution in [2.24, 2.45) is 5.41 Å². The second kappa shape index (κ2) is 10.3. The molecule has 160 valence electrons. The fraction of sp³-hybridized carbons (Fsp3) is 0.682. The lowest BCUT2D eigenvalue weighted by Crippen LogP contribution is -2.63. The van der Waals surface area contributed by atoms with Crippen molar-refractivity contribution in [3.8, 4) is 0 Å². The van der Waals surface area contributed by atoms with Gasteiger partial charge >= 0.3 is 5.97 Å². The van der Waals surface area contributed by atoms with E-state index in [9.17, 15) is 4.79 Å². The van der Waals surface area contributed by atoms with Crippen molar-refractivity contribution in [1.29, 1.82) is 0 Å². The highest BCUT2D eigenvalue weighted by Gasteiger charge is 2.57. The number of hydrogen-bond donors (Lipinski definition) is 0. The molecule has 1 aromatic rings. The summed E-state index contributed by atoms with van der Waals surface area (Å²) in [6.07, 6.45) is 4.71. The number of likely N-dealkylation sites (tertiary alicyclic amines) is 2. The molecule has 2 saturated heterocycles. The number of ether oxygens (including phenoxy) is 1. The Bertz CT molecular complexity index is 624. The van der Waals surface area contributed by atoms with Crippen LogP contribution in [-0.4, -0.2) is 55.0 Å². The van der Waals surface area contributed by atoms with Crippen LogP contribution in [0.3, 0.4) is 0 Å². The summed E-state index contributed by atoms with van der Waals surface area (Å²) < 4.78 is 6.25. The molecule has 28 heavy (non-hydrogen) atoms. The average molecular weight is 431 g/mol. The highest BCUT2D eigenvalue weighted by Crippen LogP contribution is 2.51. The maximum Gasteiger partial charge on any atom is 0.303 e. The SMILES string of the molecule is CC(=O)OC1(c2ccccc2)CC(C)N(C)CC1(C)CN1CCCCC1.Cl.Cl. The standard InChI is InChI=1S/C22H34N2O2.2ClH/c1-18-15-22(26-19(2)25,20-11-7-5-8-12-20)21(3,16-23(18)4)17-24-13-9-6-10-14-24;;/h5,7-8,11-12,18H,6,9-10,13-17H2,1-4H3;2*1H. The Morgan fingerprint density at radius 2 is 1.75 bits per heavy atom. The van der Waals surface area contributed by atoms with Gasteiger partial charge in [0.05, 0.1) is 0 Å². The molecule has 0 aromatic heterocycles. The highest BCUT2D eigenvalue weighted by molar-refractivity contribution is 5.85. The summed E-state index contributed by atoms with van der Waals surface area (Å²) >= 11 is 0. The van der Waals surface area contributed by atoms with Crippen molar-refractivity contribution in [1.82, 2.24) is 9.80 Å². The van der Waals surface area contributed by atoms with Crippen LogP contribution in [0.5, 0.6) is 0 Å². The van der Waals surface area contributed by atoms with Crippen molar-refractivity contribution in [2.75, 3.05) is 33.2 Å². The smallest absolute Gasteiger partial charge is 0.303 e. The van der Waals surface area contributed by atoms with Crippen LogP contribution in [0.4, 0.5) is 0 Å². The van der Waals surface area contributed by atoms with Gasteiger partial charge in [-0.1, -0.05) is 43.7 Å². The van der Waals surface area contributed by atoms with E-state index >= 15 is 0 Å². The number of hydrogen-bond acceptors (Lipinski definition) is 4. The molecule has 3 rings (SSSR count). The monoisotopic (exact) mass is 430 g/mol. The van der Waals surface area contributed by atoms with Gasteiger partial charge in [0.25, 0.3) is 0 Å². The third-order valence-corrected chi connectivity index (χ3v) is 6.49. The normalized spacial score (nSPS) is 31.4. The first kappa shape index (κ1) is 25.2. The number of carbonyl (C=O) groups excluding carboxylic acids is 1. The lowest BCUT2D eigenvalue weighted by molar-refractivity contribution is -0.200. The molecule has 1 aromatic carbocycles. The number of piperidine rings is 2. The molecule has 4 nitrogen and oxygen atoms in total. The van der Waals surface area contributed by atoms with E-state index in [1.807, 2.05) is 6.07 Å². The van der Waals surface area contributed by atoms with Gasteiger partial charge in [-0.2, -0.15) is 0 Å². The van der Waals surface area contributed by atoms with Gasteiger partial charge in [-0.25, -0.2) is 0 Å².